The number of carbonyl (C=O) groups excluding carboxylic acids is 1. The van der Waals surface area contributed by atoms with Gasteiger partial charge in [-0.2, -0.15) is 4.98 Å². The Kier molecular flexibility index (Phi) is 3.33. The Morgan fingerprint density at radius 1 is 1.35 bits per heavy atom. The number of aldehydes is 1. The van der Waals surface area contributed by atoms with Crippen LogP contribution in [0.15, 0.2) is 35.0 Å². The molecule has 0 saturated heterocycles. The maximum absolute atomic E-state index is 10.8. The Balaban J connectivity index is 1.88. The molecule has 3 aromatic rings. The maximum Gasteiger partial charge on any atom is 0.246 e. The number of hydrogen-bond acceptors (Lipinski definition) is 4. The van der Waals surface area contributed by atoms with Crippen LogP contribution in [0, 0.1) is 0 Å². The Labute approximate surface area is 116 Å². The fourth-order valence-electron chi connectivity index (χ4n) is 2.26. The molecule has 102 valence electrons. The first-order chi connectivity index (χ1) is 9.80. The van der Waals surface area contributed by atoms with Crippen LogP contribution in [0.1, 0.15) is 35.4 Å². The predicted molar refractivity (Wildman–Crippen MR) is 74.7 cm³/mol. The van der Waals surface area contributed by atoms with Gasteiger partial charge in [0.2, 0.25) is 5.89 Å². The molecule has 0 bridgehead atoms. The van der Waals surface area contributed by atoms with Crippen LogP contribution in [0.3, 0.4) is 0 Å². The van der Waals surface area contributed by atoms with Crippen molar-refractivity contribution in [2.45, 2.75) is 26.3 Å². The molecule has 5 heteroatoms. The average molecular weight is 269 g/mol. The van der Waals surface area contributed by atoms with Gasteiger partial charge in [0.05, 0.1) is 0 Å². The number of hydrogen-bond donors (Lipinski definition) is 0. The quantitative estimate of drug-likeness (QED) is 0.668. The van der Waals surface area contributed by atoms with Crippen LogP contribution >= 0.6 is 0 Å². The summed E-state index contributed by atoms with van der Waals surface area (Å²) in [6.45, 7) is 2.63. The Hall–Kier alpha value is -2.43. The molecule has 1 aromatic carbocycles. The van der Waals surface area contributed by atoms with Gasteiger partial charge in [-0.25, -0.2) is 0 Å². The van der Waals surface area contributed by atoms with Crippen molar-refractivity contribution in [1.29, 1.82) is 0 Å². The minimum atomic E-state index is 0.542. The topological polar surface area (TPSA) is 60.9 Å². The molecule has 0 aliphatic heterocycles. The van der Waals surface area contributed by atoms with E-state index in [1.165, 1.54) is 0 Å². The zero-order chi connectivity index (χ0) is 13.9. The highest BCUT2D eigenvalue weighted by Crippen LogP contribution is 2.18. The van der Waals surface area contributed by atoms with Crippen LogP contribution in [0.5, 0.6) is 0 Å². The van der Waals surface area contributed by atoms with Gasteiger partial charge in [-0.05, 0) is 30.7 Å². The van der Waals surface area contributed by atoms with E-state index in [0.29, 0.717) is 18.0 Å². The molecule has 0 spiro atoms. The molecule has 5 nitrogen and oxygen atoms in total. The second kappa shape index (κ2) is 5.28. The summed E-state index contributed by atoms with van der Waals surface area (Å²) in [5, 5.41) is 4.98. The average Bonchev–Trinajstić information content (AvgIpc) is 3.07. The van der Waals surface area contributed by atoms with Crippen molar-refractivity contribution in [3.63, 3.8) is 0 Å². The summed E-state index contributed by atoms with van der Waals surface area (Å²) >= 11 is 0. The number of carbonyl (C=O) groups is 1. The fraction of sp³-hybridized carbons (Fsp3) is 0.267. The third kappa shape index (κ3) is 2.34. The summed E-state index contributed by atoms with van der Waals surface area (Å²) in [6.07, 6.45) is 4.65. The van der Waals surface area contributed by atoms with Crippen molar-refractivity contribution in [2.24, 2.45) is 0 Å². The third-order valence-corrected chi connectivity index (χ3v) is 3.22. The lowest BCUT2D eigenvalue weighted by Gasteiger charge is -2.01. The molecule has 3 rings (SSSR count). The highest BCUT2D eigenvalue weighted by molar-refractivity contribution is 5.87. The molecule has 0 N–H and O–H groups in total. The smallest absolute Gasteiger partial charge is 0.246 e. The van der Waals surface area contributed by atoms with E-state index >= 15 is 0 Å². The van der Waals surface area contributed by atoms with Crippen molar-refractivity contribution in [3.05, 3.63) is 47.7 Å². The molecule has 0 atom stereocenters. The van der Waals surface area contributed by atoms with E-state index in [1.54, 1.807) is 0 Å². The lowest BCUT2D eigenvalue weighted by atomic mass is 10.2. The van der Waals surface area contributed by atoms with Crippen LogP contribution in [-0.2, 0) is 13.0 Å². The van der Waals surface area contributed by atoms with Crippen molar-refractivity contribution in [3.8, 4) is 0 Å². The van der Waals surface area contributed by atoms with Crippen molar-refractivity contribution in [1.82, 2.24) is 14.7 Å². The first-order valence-electron chi connectivity index (χ1n) is 6.65. The van der Waals surface area contributed by atoms with E-state index in [4.69, 9.17) is 4.52 Å². The lowest BCUT2D eigenvalue weighted by molar-refractivity contribution is 0.112. The number of fused-ring (bicyclic) bond motifs is 1. The summed E-state index contributed by atoms with van der Waals surface area (Å²) in [7, 11) is 0. The van der Waals surface area contributed by atoms with Gasteiger partial charge in [0, 0.05) is 29.1 Å². The summed E-state index contributed by atoms with van der Waals surface area (Å²) < 4.78 is 7.28. The Morgan fingerprint density at radius 2 is 2.25 bits per heavy atom. The van der Waals surface area contributed by atoms with Gasteiger partial charge in [0.15, 0.2) is 5.82 Å². The van der Waals surface area contributed by atoms with Crippen molar-refractivity contribution < 1.29 is 9.32 Å². The summed E-state index contributed by atoms with van der Waals surface area (Å²) in [6, 6.07) is 7.59. The second-order valence-electron chi connectivity index (χ2n) is 4.73. The van der Waals surface area contributed by atoms with Gasteiger partial charge in [-0.3, -0.25) is 4.79 Å². The zero-order valence-corrected chi connectivity index (χ0v) is 11.2. The number of nitrogens with zero attached hydrogens (tertiary/aromatic N) is 3. The normalized spacial score (nSPS) is 11.1. The van der Waals surface area contributed by atoms with Gasteiger partial charge in [-0.1, -0.05) is 12.1 Å². The van der Waals surface area contributed by atoms with E-state index in [1.807, 2.05) is 35.0 Å². The van der Waals surface area contributed by atoms with Crippen LogP contribution < -0.4 is 0 Å². The van der Waals surface area contributed by atoms with E-state index in [9.17, 15) is 4.79 Å². The maximum atomic E-state index is 10.8. The van der Waals surface area contributed by atoms with Crippen molar-refractivity contribution >= 4 is 17.2 Å². The molecular formula is C15H15N3O2. The Morgan fingerprint density at radius 3 is 3.05 bits per heavy atom. The molecule has 0 saturated carbocycles. The molecule has 0 aliphatic rings. The van der Waals surface area contributed by atoms with E-state index in [-0.39, 0.29) is 0 Å². The molecule has 2 aromatic heterocycles. The minimum absolute atomic E-state index is 0.542. The summed E-state index contributed by atoms with van der Waals surface area (Å²) in [4.78, 5) is 15.1. The molecule has 0 aliphatic carbocycles. The zero-order valence-electron chi connectivity index (χ0n) is 11.2. The minimum Gasteiger partial charge on any atom is -0.338 e. The molecule has 0 fully saturated rings. The van der Waals surface area contributed by atoms with E-state index in [0.717, 1.165) is 35.9 Å². The SMILES string of the molecule is CCCc1noc(Cn2ccc3cc(C=O)ccc32)n1. The second-order valence-corrected chi connectivity index (χ2v) is 4.73. The lowest BCUT2D eigenvalue weighted by Crippen LogP contribution is -1.98. The number of aryl methyl sites for hydroxylation is 1. The summed E-state index contributed by atoms with van der Waals surface area (Å²) in [5.41, 5.74) is 1.73. The van der Waals surface area contributed by atoms with E-state index < -0.39 is 0 Å². The highest BCUT2D eigenvalue weighted by Gasteiger charge is 2.08. The van der Waals surface area contributed by atoms with Gasteiger partial charge in [0.25, 0.3) is 0 Å². The first kappa shape index (κ1) is 12.6. The van der Waals surface area contributed by atoms with Crippen LogP contribution in [-0.4, -0.2) is 21.0 Å². The fourth-order valence-corrected chi connectivity index (χ4v) is 2.26. The molecule has 0 unspecified atom stereocenters. The highest BCUT2D eigenvalue weighted by atomic mass is 16.5. The largest absolute Gasteiger partial charge is 0.338 e. The van der Waals surface area contributed by atoms with Crippen LogP contribution in [0.25, 0.3) is 10.9 Å². The molecule has 0 radical (unpaired) electrons. The molecule has 20 heavy (non-hydrogen) atoms. The Bertz CT molecular complexity index is 742. The first-order valence-corrected chi connectivity index (χ1v) is 6.65. The van der Waals surface area contributed by atoms with Crippen LogP contribution in [0.4, 0.5) is 0 Å². The number of rotatable bonds is 5. The van der Waals surface area contributed by atoms with Crippen molar-refractivity contribution in [2.75, 3.05) is 0 Å². The standard InChI is InChI=1S/C15H15N3O2/c1-2-3-14-16-15(20-17-14)9-18-7-6-12-8-11(10-19)4-5-13(12)18/h4-8,10H,2-3,9H2,1H3. The van der Waals surface area contributed by atoms with Gasteiger partial charge in [0.1, 0.15) is 12.8 Å². The number of benzene rings is 1. The molecular weight excluding hydrogens is 254 g/mol. The monoisotopic (exact) mass is 269 g/mol. The molecule has 0 amide bonds. The van der Waals surface area contributed by atoms with E-state index in [2.05, 4.69) is 17.1 Å². The van der Waals surface area contributed by atoms with Gasteiger partial charge in [-0.15, -0.1) is 0 Å². The van der Waals surface area contributed by atoms with Gasteiger partial charge >= 0.3 is 0 Å². The van der Waals surface area contributed by atoms with Crippen LogP contribution in [0.2, 0.25) is 0 Å². The van der Waals surface area contributed by atoms with Gasteiger partial charge < -0.3 is 9.09 Å². The molecule has 2 heterocycles. The summed E-state index contributed by atoms with van der Waals surface area (Å²) in [5.74, 6) is 1.35. The number of aromatic nitrogens is 3. The predicted octanol–water partition coefficient (Wildman–Crippen LogP) is 2.84. The third-order valence-electron chi connectivity index (χ3n) is 3.22.